The van der Waals surface area contributed by atoms with E-state index in [1.165, 1.54) is 23.5 Å². The van der Waals surface area contributed by atoms with Gasteiger partial charge in [0, 0.05) is 11.5 Å². The van der Waals surface area contributed by atoms with Crippen LogP contribution in [0.15, 0.2) is 22.0 Å². The van der Waals surface area contributed by atoms with Gasteiger partial charge in [-0.2, -0.15) is 9.97 Å². The highest BCUT2D eigenvalue weighted by Gasteiger charge is 2.30. The van der Waals surface area contributed by atoms with E-state index in [4.69, 9.17) is 39.3 Å². The summed E-state index contributed by atoms with van der Waals surface area (Å²) in [6.07, 6.45) is -0.639. The molecule has 4 N–H and O–H groups in total. The summed E-state index contributed by atoms with van der Waals surface area (Å²) in [5.41, 5.74) is 2.89. The van der Waals surface area contributed by atoms with Gasteiger partial charge in [-0.25, -0.2) is 23.2 Å². The Morgan fingerprint density at radius 2 is 1.49 bits per heavy atom. The van der Waals surface area contributed by atoms with Crippen molar-refractivity contribution in [3.05, 3.63) is 45.0 Å². The summed E-state index contributed by atoms with van der Waals surface area (Å²) in [7, 11) is 0. The van der Waals surface area contributed by atoms with Gasteiger partial charge in [0.1, 0.15) is 29.9 Å². The van der Waals surface area contributed by atoms with Crippen LogP contribution >= 0.6 is 23.5 Å². The molecule has 0 radical (unpaired) electrons. The van der Waals surface area contributed by atoms with Gasteiger partial charge in [-0.15, -0.1) is 23.5 Å². The molecule has 2 aliphatic heterocycles. The lowest BCUT2D eigenvalue weighted by Gasteiger charge is -2.15. The zero-order valence-electron chi connectivity index (χ0n) is 22.6. The molecule has 0 unspecified atom stereocenters. The standard InChI is InChI=1S/C23H30F2N6O10S2/c24-13-7-30(21(33)27-19(13)26)16-12-43-18(41-16)10-38-4-3-36-1-2-37-5-6-39-23(35)29-20-14(25)8-31(22(34)28-20)15-11-42-17(9-32)40-15/h7-8,15-18,32H,1-6,9-12H2,(H2,26,27,33)(H,28,29,34,35)/t15-,16-,17+,18+/m0/s1. The van der Waals surface area contributed by atoms with E-state index in [0.717, 1.165) is 21.5 Å². The number of aliphatic hydroxyl groups excluding tert-OH is 1. The van der Waals surface area contributed by atoms with Crippen LogP contribution in [0.25, 0.3) is 0 Å². The zero-order valence-corrected chi connectivity index (χ0v) is 24.2. The molecule has 1 amide bonds. The molecule has 238 valence electrons. The Bertz CT molecular complexity index is 1350. The van der Waals surface area contributed by atoms with E-state index >= 15 is 0 Å². The Kier molecular flexibility index (Phi) is 12.5. The van der Waals surface area contributed by atoms with Gasteiger partial charge in [-0.3, -0.25) is 14.5 Å². The number of anilines is 2. The minimum Gasteiger partial charge on any atom is -0.447 e. The number of hydrogen-bond donors (Lipinski definition) is 3. The molecule has 2 aromatic rings. The number of rotatable bonds is 15. The molecule has 20 heteroatoms. The van der Waals surface area contributed by atoms with Crippen LogP contribution in [0.2, 0.25) is 0 Å². The van der Waals surface area contributed by atoms with Crippen molar-refractivity contribution in [3.63, 3.8) is 0 Å². The summed E-state index contributed by atoms with van der Waals surface area (Å²) in [4.78, 5) is 43.0. The number of aromatic nitrogens is 4. The quantitative estimate of drug-likeness (QED) is 0.219. The molecule has 0 aliphatic carbocycles. The third kappa shape index (κ3) is 9.57. The van der Waals surface area contributed by atoms with Crippen LogP contribution in [0.4, 0.5) is 25.2 Å². The zero-order chi connectivity index (χ0) is 30.8. The summed E-state index contributed by atoms with van der Waals surface area (Å²) >= 11 is 2.69. The molecule has 4 atom stereocenters. The Hall–Kier alpha value is -2.85. The predicted molar refractivity (Wildman–Crippen MR) is 149 cm³/mol. The van der Waals surface area contributed by atoms with Crippen LogP contribution in [0.1, 0.15) is 12.5 Å². The molecular weight excluding hydrogens is 622 g/mol. The van der Waals surface area contributed by atoms with Crippen LogP contribution in [0, 0.1) is 11.6 Å². The van der Waals surface area contributed by atoms with Gasteiger partial charge in [-0.05, 0) is 0 Å². The lowest BCUT2D eigenvalue weighted by atomic mass is 10.5. The number of nitrogen functional groups attached to an aromatic ring is 1. The Morgan fingerprint density at radius 1 is 0.930 bits per heavy atom. The van der Waals surface area contributed by atoms with Crippen molar-refractivity contribution in [1.82, 2.24) is 19.1 Å². The number of nitrogens with one attached hydrogen (secondary N) is 1. The Morgan fingerprint density at radius 3 is 2.14 bits per heavy atom. The number of nitrogens with two attached hydrogens (primary N) is 1. The molecule has 4 heterocycles. The first-order valence-corrected chi connectivity index (χ1v) is 15.0. The van der Waals surface area contributed by atoms with E-state index < -0.39 is 58.6 Å². The first-order valence-electron chi connectivity index (χ1n) is 12.9. The van der Waals surface area contributed by atoms with Gasteiger partial charge in [0.25, 0.3) is 0 Å². The van der Waals surface area contributed by atoms with Gasteiger partial charge in [0.2, 0.25) is 0 Å². The number of carbonyl (C=O) groups is 1. The van der Waals surface area contributed by atoms with E-state index in [0.29, 0.717) is 11.5 Å². The second kappa shape index (κ2) is 16.3. The summed E-state index contributed by atoms with van der Waals surface area (Å²) in [5.74, 6) is -2.06. The van der Waals surface area contributed by atoms with Crippen molar-refractivity contribution < 1.29 is 47.1 Å². The van der Waals surface area contributed by atoms with Gasteiger partial charge in [0.05, 0.1) is 58.6 Å². The number of halogens is 2. The van der Waals surface area contributed by atoms with E-state index in [1.807, 2.05) is 0 Å². The fourth-order valence-corrected chi connectivity index (χ4v) is 5.66. The summed E-state index contributed by atoms with van der Waals surface area (Å²) in [5, 5.41) is 11.2. The number of aliphatic hydroxyl groups is 1. The topological polar surface area (TPSA) is 201 Å². The smallest absolute Gasteiger partial charge is 0.412 e. The Balaban J connectivity index is 1.01. The van der Waals surface area contributed by atoms with Crippen molar-refractivity contribution in [2.75, 3.05) is 75.4 Å². The molecule has 16 nitrogen and oxygen atoms in total. The lowest BCUT2D eigenvalue weighted by Crippen LogP contribution is -2.31. The van der Waals surface area contributed by atoms with Crippen LogP contribution in [-0.4, -0.2) is 106 Å². The average molecular weight is 653 g/mol. The van der Waals surface area contributed by atoms with E-state index in [1.54, 1.807) is 0 Å². The molecule has 2 fully saturated rings. The molecule has 0 bridgehead atoms. The number of amides is 1. The molecule has 2 aromatic heterocycles. The van der Waals surface area contributed by atoms with Crippen LogP contribution in [0.3, 0.4) is 0 Å². The number of thioether (sulfide) groups is 2. The van der Waals surface area contributed by atoms with E-state index in [2.05, 4.69) is 15.3 Å². The van der Waals surface area contributed by atoms with Crippen molar-refractivity contribution in [2.45, 2.75) is 23.3 Å². The largest absolute Gasteiger partial charge is 0.447 e. The van der Waals surface area contributed by atoms with E-state index in [9.17, 15) is 23.2 Å². The number of carbonyl (C=O) groups excluding carboxylic acids is 1. The molecule has 2 aliphatic rings. The van der Waals surface area contributed by atoms with Crippen LogP contribution in [-0.2, 0) is 28.4 Å². The molecule has 0 spiro atoms. The van der Waals surface area contributed by atoms with Gasteiger partial charge in [0.15, 0.2) is 23.3 Å². The fraction of sp³-hybridized carbons (Fsp3) is 0.609. The third-order valence-corrected chi connectivity index (χ3v) is 7.96. The first kappa shape index (κ1) is 33.1. The van der Waals surface area contributed by atoms with E-state index in [-0.39, 0.29) is 58.3 Å². The van der Waals surface area contributed by atoms with Gasteiger partial charge in [-0.1, -0.05) is 0 Å². The summed E-state index contributed by atoms with van der Waals surface area (Å²) < 4.78 is 62.2. The highest BCUT2D eigenvalue weighted by molar-refractivity contribution is 8.00. The molecular formula is C23H30F2N6O10S2. The monoisotopic (exact) mass is 652 g/mol. The maximum Gasteiger partial charge on any atom is 0.412 e. The second-order valence-electron chi connectivity index (χ2n) is 8.74. The summed E-state index contributed by atoms with van der Waals surface area (Å²) in [6.45, 7) is 0.899. The van der Waals surface area contributed by atoms with Crippen molar-refractivity contribution in [3.8, 4) is 0 Å². The fourth-order valence-electron chi connectivity index (χ4n) is 3.71. The van der Waals surface area contributed by atoms with Crippen LogP contribution in [0.5, 0.6) is 0 Å². The Labute approximate surface area is 251 Å². The minimum atomic E-state index is -1.02. The number of nitrogens with zero attached hydrogens (tertiary/aromatic N) is 4. The highest BCUT2D eigenvalue weighted by Crippen LogP contribution is 2.32. The predicted octanol–water partition coefficient (Wildman–Crippen LogP) is 0.127. The molecule has 2 saturated heterocycles. The van der Waals surface area contributed by atoms with Crippen LogP contribution < -0.4 is 22.4 Å². The minimum absolute atomic E-state index is 0.0431. The maximum atomic E-state index is 14.4. The molecule has 43 heavy (non-hydrogen) atoms. The van der Waals surface area contributed by atoms with Gasteiger partial charge >= 0.3 is 17.5 Å². The highest BCUT2D eigenvalue weighted by atomic mass is 32.2. The van der Waals surface area contributed by atoms with Gasteiger partial charge < -0.3 is 39.3 Å². The number of hydrogen-bond acceptors (Lipinski definition) is 15. The SMILES string of the molecule is Nc1nc(=O)n([C@@H]2CS[C@H](COCCOCCOCCOC(=O)Nc3nc(=O)n([C@@H]4CS[C@H](CO)O4)cc3F)O2)cc1F. The normalized spacial score (nSPS) is 21.7. The first-order chi connectivity index (χ1) is 20.7. The molecule has 0 aromatic carbocycles. The van der Waals surface area contributed by atoms with Crippen molar-refractivity contribution >= 4 is 41.3 Å². The number of ether oxygens (including phenoxy) is 6. The second-order valence-corrected chi connectivity index (χ2v) is 11.1. The third-order valence-electron chi connectivity index (χ3n) is 5.76. The maximum absolute atomic E-state index is 14.4. The van der Waals surface area contributed by atoms with Crippen molar-refractivity contribution in [1.29, 1.82) is 0 Å². The lowest BCUT2D eigenvalue weighted by molar-refractivity contribution is -0.0391. The summed E-state index contributed by atoms with van der Waals surface area (Å²) in [6, 6.07) is 0. The van der Waals surface area contributed by atoms with Crippen molar-refractivity contribution in [2.24, 2.45) is 0 Å². The average Bonchev–Trinajstić information content (AvgIpc) is 3.65. The molecule has 0 saturated carbocycles. The molecule has 4 rings (SSSR count).